The molecule has 3 aromatic heterocycles. The third-order valence-electron chi connectivity index (χ3n) is 6.62. The normalized spacial score (nSPS) is 15.4. The van der Waals surface area contributed by atoms with Gasteiger partial charge in [0.1, 0.15) is 5.82 Å². The van der Waals surface area contributed by atoms with Crippen molar-refractivity contribution in [3.8, 4) is 11.3 Å². The molecule has 0 amide bonds. The number of anilines is 2. The maximum Gasteiger partial charge on any atom is 0.245 e. The van der Waals surface area contributed by atoms with Gasteiger partial charge in [0.05, 0.1) is 48.2 Å². The van der Waals surface area contributed by atoms with Crippen LogP contribution < -0.4 is 5.32 Å². The second kappa shape index (κ2) is 10.6. The fraction of sp³-hybridized carbons (Fsp3) is 0.269. The summed E-state index contributed by atoms with van der Waals surface area (Å²) in [5.41, 5.74) is 6.27. The van der Waals surface area contributed by atoms with E-state index in [9.17, 15) is 8.76 Å². The second-order valence-electron chi connectivity index (χ2n) is 9.24. The van der Waals surface area contributed by atoms with E-state index in [4.69, 9.17) is 14.8 Å². The first-order chi connectivity index (χ1) is 18.5. The van der Waals surface area contributed by atoms with E-state index in [0.717, 1.165) is 77.7 Å². The number of hydrogen-bond donors (Lipinski definition) is 3. The number of benzene rings is 2. The summed E-state index contributed by atoms with van der Waals surface area (Å²) in [5.74, 6) is 1.39. The Balaban J connectivity index is 1.26. The van der Waals surface area contributed by atoms with Gasteiger partial charge in [-0.2, -0.15) is 4.31 Å². The van der Waals surface area contributed by atoms with E-state index in [1.165, 1.54) is 4.31 Å². The van der Waals surface area contributed by atoms with E-state index in [0.29, 0.717) is 12.5 Å². The van der Waals surface area contributed by atoms with Crippen LogP contribution >= 0.6 is 0 Å². The predicted octanol–water partition coefficient (Wildman–Crippen LogP) is 3.42. The van der Waals surface area contributed by atoms with Gasteiger partial charge in [-0.3, -0.25) is 9.45 Å². The second-order valence-corrected chi connectivity index (χ2v) is 10.3. The number of ether oxygens (including phenoxy) is 1. The number of rotatable bonds is 8. The number of aromatic amines is 1. The van der Waals surface area contributed by atoms with E-state index in [1.807, 2.05) is 59.1 Å². The molecule has 0 saturated carbocycles. The molecule has 0 radical (unpaired) electrons. The lowest BCUT2D eigenvalue weighted by atomic mass is 10.0. The first kappa shape index (κ1) is 24.6. The minimum atomic E-state index is -2.05. The summed E-state index contributed by atoms with van der Waals surface area (Å²) in [6.45, 7) is 4.42. The molecule has 1 aliphatic rings. The number of hydrogen-bond acceptors (Lipinski definition) is 7. The average Bonchev–Trinajstić information content (AvgIpc) is 3.52. The molecule has 6 rings (SSSR count). The van der Waals surface area contributed by atoms with Gasteiger partial charge in [0.25, 0.3) is 0 Å². The lowest BCUT2D eigenvalue weighted by Gasteiger charge is -2.25. The number of morpholine rings is 1. The molecule has 196 valence electrons. The topological polar surface area (TPSA) is 124 Å². The Morgan fingerprint density at radius 1 is 1.16 bits per heavy atom. The van der Waals surface area contributed by atoms with Crippen LogP contribution in [0.1, 0.15) is 11.4 Å². The first-order valence-corrected chi connectivity index (χ1v) is 13.4. The molecule has 11 nitrogen and oxygen atoms in total. The van der Waals surface area contributed by atoms with Crippen molar-refractivity contribution in [1.82, 2.24) is 33.8 Å². The number of imidazole rings is 1. The van der Waals surface area contributed by atoms with Gasteiger partial charge in [0, 0.05) is 37.9 Å². The summed E-state index contributed by atoms with van der Waals surface area (Å²) in [6, 6.07) is 17.7. The molecule has 1 saturated heterocycles. The Morgan fingerprint density at radius 2 is 2.00 bits per heavy atom. The van der Waals surface area contributed by atoms with E-state index >= 15 is 0 Å². The van der Waals surface area contributed by atoms with Crippen LogP contribution in [0.4, 0.5) is 11.6 Å². The molecule has 2 aromatic carbocycles. The summed E-state index contributed by atoms with van der Waals surface area (Å²) in [4.78, 5) is 15.0. The molecule has 1 aliphatic heterocycles. The third kappa shape index (κ3) is 5.17. The highest BCUT2D eigenvalue weighted by atomic mass is 32.2. The van der Waals surface area contributed by atoms with Gasteiger partial charge in [-0.25, -0.2) is 18.7 Å². The average molecular weight is 533 g/mol. The quantitative estimate of drug-likeness (QED) is 0.260. The van der Waals surface area contributed by atoms with Crippen LogP contribution in [0.3, 0.4) is 0 Å². The van der Waals surface area contributed by atoms with Crippen LogP contribution in [-0.2, 0) is 29.1 Å². The number of aromatic nitrogens is 5. The van der Waals surface area contributed by atoms with Gasteiger partial charge in [0.15, 0.2) is 0 Å². The van der Waals surface area contributed by atoms with E-state index < -0.39 is 11.3 Å². The van der Waals surface area contributed by atoms with Crippen LogP contribution in [0.5, 0.6) is 0 Å². The van der Waals surface area contributed by atoms with Crippen LogP contribution in [0, 0.1) is 0 Å². The minimum absolute atomic E-state index is 0.320. The highest BCUT2D eigenvalue weighted by Gasteiger charge is 2.15. The summed E-state index contributed by atoms with van der Waals surface area (Å²) in [5, 5.41) is 8.06. The lowest BCUT2D eigenvalue weighted by molar-refractivity contribution is 0.0332. The summed E-state index contributed by atoms with van der Waals surface area (Å²) in [6.07, 6.45) is 1.77. The standard InChI is InChI=1S/C26H28N8O3S/c1-32(38(35)36)16-18-4-2-3-5-21(18)24-9-7-20-15-27-26(31-34(20)24)28-19-6-8-22-23(14-19)30-25(29-22)17-33-10-12-37-13-11-33/h2-9,14-15H,10-13,16-17H2,1H3,(H,28,31)(H,29,30)(H,35,36). The van der Waals surface area contributed by atoms with Crippen molar-refractivity contribution in [3.63, 3.8) is 0 Å². The maximum atomic E-state index is 11.5. The van der Waals surface area contributed by atoms with Gasteiger partial charge in [-0.05, 0) is 35.9 Å². The Bertz CT molecular complexity index is 1610. The molecule has 1 atom stereocenters. The summed E-state index contributed by atoms with van der Waals surface area (Å²) < 4.78 is 29.6. The zero-order chi connectivity index (χ0) is 26.1. The number of fused-ring (bicyclic) bond motifs is 2. The number of nitrogens with one attached hydrogen (secondary N) is 2. The van der Waals surface area contributed by atoms with Crippen molar-refractivity contribution in [2.24, 2.45) is 0 Å². The molecular weight excluding hydrogens is 504 g/mol. The van der Waals surface area contributed by atoms with Gasteiger partial charge >= 0.3 is 0 Å². The van der Waals surface area contributed by atoms with E-state index in [-0.39, 0.29) is 0 Å². The van der Waals surface area contributed by atoms with Crippen molar-refractivity contribution >= 4 is 39.5 Å². The Kier molecular flexibility index (Phi) is 6.87. The van der Waals surface area contributed by atoms with Crippen LogP contribution in [0.2, 0.25) is 0 Å². The maximum absolute atomic E-state index is 11.5. The zero-order valence-corrected chi connectivity index (χ0v) is 21.7. The molecule has 38 heavy (non-hydrogen) atoms. The highest BCUT2D eigenvalue weighted by molar-refractivity contribution is 7.76. The molecule has 0 bridgehead atoms. The first-order valence-electron chi connectivity index (χ1n) is 12.3. The van der Waals surface area contributed by atoms with Crippen LogP contribution in [0.25, 0.3) is 27.8 Å². The third-order valence-corrected chi connectivity index (χ3v) is 7.28. The van der Waals surface area contributed by atoms with Crippen LogP contribution in [0.15, 0.2) is 60.8 Å². The molecule has 3 N–H and O–H groups in total. The van der Waals surface area contributed by atoms with Gasteiger partial charge in [-0.1, -0.05) is 24.3 Å². The molecule has 1 unspecified atom stereocenters. The fourth-order valence-electron chi connectivity index (χ4n) is 4.68. The van der Waals surface area contributed by atoms with Gasteiger partial charge in [-0.15, -0.1) is 5.10 Å². The summed E-state index contributed by atoms with van der Waals surface area (Å²) >= 11 is -2.05. The van der Waals surface area contributed by atoms with E-state index in [1.54, 1.807) is 13.2 Å². The van der Waals surface area contributed by atoms with Crippen LogP contribution in [-0.4, -0.2) is 75.9 Å². The Hall–Kier alpha value is -3.68. The smallest absolute Gasteiger partial charge is 0.245 e. The molecular formula is C26H28N8O3S. The Labute approximate surface area is 221 Å². The van der Waals surface area contributed by atoms with Gasteiger partial charge in [0.2, 0.25) is 17.2 Å². The summed E-state index contributed by atoms with van der Waals surface area (Å²) in [7, 11) is 1.61. The van der Waals surface area contributed by atoms with Crippen molar-refractivity contribution in [2.75, 3.05) is 38.7 Å². The Morgan fingerprint density at radius 3 is 2.84 bits per heavy atom. The number of H-pyrrole nitrogens is 1. The lowest BCUT2D eigenvalue weighted by Crippen LogP contribution is -2.35. The van der Waals surface area contributed by atoms with Crippen molar-refractivity contribution in [2.45, 2.75) is 13.1 Å². The molecule has 5 aromatic rings. The molecule has 1 fully saturated rings. The molecule has 4 heterocycles. The predicted molar refractivity (Wildman–Crippen MR) is 146 cm³/mol. The SMILES string of the molecule is CN(Cc1ccccc1-c1ccc2cnc(Nc3ccc4nc(CN5CCOCC5)[nH]c4c3)nn12)S(=O)O. The molecule has 0 spiro atoms. The highest BCUT2D eigenvalue weighted by Crippen LogP contribution is 2.27. The minimum Gasteiger partial charge on any atom is -0.379 e. The molecule has 12 heteroatoms. The molecule has 0 aliphatic carbocycles. The van der Waals surface area contributed by atoms with Crippen molar-refractivity contribution in [1.29, 1.82) is 0 Å². The largest absolute Gasteiger partial charge is 0.379 e. The van der Waals surface area contributed by atoms with Crippen molar-refractivity contribution < 1.29 is 13.5 Å². The monoisotopic (exact) mass is 532 g/mol. The van der Waals surface area contributed by atoms with E-state index in [2.05, 4.69) is 20.2 Å². The van der Waals surface area contributed by atoms with Gasteiger partial charge < -0.3 is 15.0 Å². The van der Waals surface area contributed by atoms with Crippen molar-refractivity contribution in [3.05, 3.63) is 72.2 Å². The zero-order valence-electron chi connectivity index (χ0n) is 20.9. The number of nitrogens with zero attached hydrogens (tertiary/aromatic N) is 6. The fourth-order valence-corrected chi connectivity index (χ4v) is 4.93.